The molecule has 0 N–H and O–H groups in total. The molecule has 1 aromatic carbocycles. The van der Waals surface area contributed by atoms with Crippen LogP contribution < -0.4 is 0 Å². The fourth-order valence-electron chi connectivity index (χ4n) is 3.34. The number of amides is 1. The van der Waals surface area contributed by atoms with Crippen molar-refractivity contribution in [2.24, 2.45) is 0 Å². The van der Waals surface area contributed by atoms with Gasteiger partial charge in [-0.2, -0.15) is 0 Å². The summed E-state index contributed by atoms with van der Waals surface area (Å²) in [7, 11) is 0. The number of benzene rings is 1. The summed E-state index contributed by atoms with van der Waals surface area (Å²) in [5.41, 5.74) is 0.528. The highest BCUT2D eigenvalue weighted by Gasteiger charge is 2.31. The minimum atomic E-state index is -0.387. The second-order valence-electron chi connectivity index (χ2n) is 5.96. The SMILES string of the molecule is O=C(c1ccc(F)c(S)c1)N1CCC(N2CCCCC2)C1. The average Bonchev–Trinajstić information content (AvgIpc) is 3.00. The first-order chi connectivity index (χ1) is 10.1. The number of hydrogen-bond donors (Lipinski definition) is 1. The molecule has 2 aliphatic rings. The van der Waals surface area contributed by atoms with Crippen molar-refractivity contribution in [3.05, 3.63) is 29.6 Å². The molecule has 0 spiro atoms. The van der Waals surface area contributed by atoms with Crippen LogP contribution in [0.1, 0.15) is 36.0 Å². The molecule has 1 amide bonds. The van der Waals surface area contributed by atoms with Crippen LogP contribution in [0.15, 0.2) is 23.1 Å². The van der Waals surface area contributed by atoms with Crippen LogP contribution in [0.5, 0.6) is 0 Å². The van der Waals surface area contributed by atoms with Crippen molar-refractivity contribution in [3.8, 4) is 0 Å². The fraction of sp³-hybridized carbons (Fsp3) is 0.562. The van der Waals surface area contributed by atoms with Gasteiger partial charge in [0.2, 0.25) is 0 Å². The van der Waals surface area contributed by atoms with E-state index in [4.69, 9.17) is 0 Å². The molecule has 3 nitrogen and oxygen atoms in total. The van der Waals surface area contributed by atoms with E-state index in [1.807, 2.05) is 4.90 Å². The summed E-state index contributed by atoms with van der Waals surface area (Å²) >= 11 is 4.05. The van der Waals surface area contributed by atoms with E-state index in [9.17, 15) is 9.18 Å². The van der Waals surface area contributed by atoms with Crippen LogP contribution in [0.25, 0.3) is 0 Å². The van der Waals surface area contributed by atoms with Crippen molar-refractivity contribution < 1.29 is 9.18 Å². The van der Waals surface area contributed by atoms with Gasteiger partial charge in [0.1, 0.15) is 5.82 Å². The Hall–Kier alpha value is -1.07. The first kappa shape index (κ1) is 14.9. The highest BCUT2D eigenvalue weighted by atomic mass is 32.1. The van der Waals surface area contributed by atoms with E-state index >= 15 is 0 Å². The number of piperidine rings is 1. The van der Waals surface area contributed by atoms with Gasteiger partial charge in [-0.1, -0.05) is 6.42 Å². The van der Waals surface area contributed by atoms with Crippen molar-refractivity contribution in [2.45, 2.75) is 36.6 Å². The van der Waals surface area contributed by atoms with Crippen LogP contribution in [-0.4, -0.2) is 47.9 Å². The number of thiol groups is 1. The molecule has 0 bridgehead atoms. The number of halogens is 1. The monoisotopic (exact) mass is 308 g/mol. The van der Waals surface area contributed by atoms with E-state index in [0.717, 1.165) is 32.6 Å². The molecule has 0 radical (unpaired) electrons. The van der Waals surface area contributed by atoms with E-state index in [1.165, 1.54) is 31.4 Å². The van der Waals surface area contributed by atoms with Crippen LogP contribution in [0.4, 0.5) is 4.39 Å². The molecule has 2 fully saturated rings. The Bertz CT molecular complexity index is 531. The second-order valence-corrected chi connectivity index (χ2v) is 6.44. The number of carbonyl (C=O) groups excluding carboxylic acids is 1. The van der Waals surface area contributed by atoms with Crippen molar-refractivity contribution in [2.75, 3.05) is 26.2 Å². The molecule has 21 heavy (non-hydrogen) atoms. The second kappa shape index (κ2) is 6.36. The molecule has 2 saturated heterocycles. The number of rotatable bonds is 2. The predicted octanol–water partition coefficient (Wildman–Crippen LogP) is 2.81. The third-order valence-electron chi connectivity index (χ3n) is 4.55. The number of nitrogens with zero attached hydrogens (tertiary/aromatic N) is 2. The lowest BCUT2D eigenvalue weighted by Gasteiger charge is -2.32. The largest absolute Gasteiger partial charge is 0.337 e. The van der Waals surface area contributed by atoms with Gasteiger partial charge in [-0.25, -0.2) is 4.39 Å². The van der Waals surface area contributed by atoms with Crippen LogP contribution in [-0.2, 0) is 0 Å². The zero-order chi connectivity index (χ0) is 14.8. The lowest BCUT2D eigenvalue weighted by Crippen LogP contribution is -2.41. The zero-order valence-corrected chi connectivity index (χ0v) is 13.0. The van der Waals surface area contributed by atoms with E-state index in [0.29, 0.717) is 11.6 Å². The molecule has 1 unspecified atom stereocenters. The normalized spacial score (nSPS) is 23.5. The van der Waals surface area contributed by atoms with Crippen LogP contribution in [0, 0.1) is 5.82 Å². The summed E-state index contributed by atoms with van der Waals surface area (Å²) in [6, 6.07) is 4.87. The molecule has 1 atom stereocenters. The van der Waals surface area contributed by atoms with E-state index < -0.39 is 0 Å². The van der Waals surface area contributed by atoms with Gasteiger partial charge in [-0.3, -0.25) is 9.69 Å². The summed E-state index contributed by atoms with van der Waals surface area (Å²) in [5, 5.41) is 0. The summed E-state index contributed by atoms with van der Waals surface area (Å²) in [6.45, 7) is 3.89. The number of carbonyl (C=O) groups is 1. The van der Waals surface area contributed by atoms with Crippen LogP contribution in [0.2, 0.25) is 0 Å². The first-order valence-electron chi connectivity index (χ1n) is 7.67. The van der Waals surface area contributed by atoms with E-state index in [-0.39, 0.29) is 16.6 Å². The Kier molecular flexibility index (Phi) is 4.50. The van der Waals surface area contributed by atoms with Gasteiger partial charge in [0.25, 0.3) is 5.91 Å². The van der Waals surface area contributed by atoms with E-state index in [1.54, 1.807) is 6.07 Å². The lowest BCUT2D eigenvalue weighted by molar-refractivity contribution is 0.0771. The Morgan fingerprint density at radius 3 is 2.67 bits per heavy atom. The fourth-order valence-corrected chi connectivity index (χ4v) is 3.55. The van der Waals surface area contributed by atoms with Crippen LogP contribution >= 0.6 is 12.6 Å². The highest BCUT2D eigenvalue weighted by molar-refractivity contribution is 7.80. The Balaban J connectivity index is 1.64. The lowest BCUT2D eigenvalue weighted by atomic mass is 10.1. The Morgan fingerprint density at radius 1 is 1.19 bits per heavy atom. The smallest absolute Gasteiger partial charge is 0.253 e. The predicted molar refractivity (Wildman–Crippen MR) is 83.4 cm³/mol. The van der Waals surface area contributed by atoms with Crippen molar-refractivity contribution >= 4 is 18.5 Å². The average molecular weight is 308 g/mol. The van der Waals surface area contributed by atoms with Gasteiger partial charge in [0.15, 0.2) is 0 Å². The van der Waals surface area contributed by atoms with Gasteiger partial charge < -0.3 is 4.90 Å². The van der Waals surface area contributed by atoms with Crippen LogP contribution in [0.3, 0.4) is 0 Å². The molecule has 1 aromatic rings. The van der Waals surface area contributed by atoms with Gasteiger partial charge in [-0.05, 0) is 50.6 Å². The summed E-state index contributed by atoms with van der Waals surface area (Å²) in [6.07, 6.45) is 4.91. The first-order valence-corrected chi connectivity index (χ1v) is 8.12. The van der Waals surface area contributed by atoms with Crippen molar-refractivity contribution in [1.29, 1.82) is 0 Å². The standard InChI is InChI=1S/C16H21FN2OS/c17-14-5-4-12(10-15(14)21)16(20)19-9-6-13(11-19)18-7-2-1-3-8-18/h4-5,10,13,21H,1-3,6-9,11H2. The maximum absolute atomic E-state index is 13.2. The van der Waals surface area contributed by atoms with Gasteiger partial charge >= 0.3 is 0 Å². The molecule has 3 rings (SSSR count). The zero-order valence-electron chi connectivity index (χ0n) is 12.1. The number of hydrogen-bond acceptors (Lipinski definition) is 3. The quantitative estimate of drug-likeness (QED) is 0.849. The summed E-state index contributed by atoms with van der Waals surface area (Å²) < 4.78 is 13.2. The Labute approximate surface area is 130 Å². The van der Waals surface area contributed by atoms with Gasteiger partial charge in [0, 0.05) is 29.6 Å². The maximum atomic E-state index is 13.2. The third kappa shape index (κ3) is 3.24. The molecule has 2 aliphatic heterocycles. The molecule has 0 aliphatic carbocycles. The molecule has 2 heterocycles. The summed E-state index contributed by atoms with van der Waals surface area (Å²) in [5.74, 6) is -0.396. The highest BCUT2D eigenvalue weighted by Crippen LogP contribution is 2.22. The molecule has 5 heteroatoms. The minimum absolute atomic E-state index is 0.00944. The minimum Gasteiger partial charge on any atom is -0.337 e. The van der Waals surface area contributed by atoms with E-state index in [2.05, 4.69) is 17.5 Å². The molecule has 0 saturated carbocycles. The Morgan fingerprint density at radius 2 is 1.95 bits per heavy atom. The van der Waals surface area contributed by atoms with Crippen molar-refractivity contribution in [1.82, 2.24) is 9.80 Å². The van der Waals surface area contributed by atoms with Gasteiger partial charge in [0.05, 0.1) is 0 Å². The molecule has 0 aromatic heterocycles. The topological polar surface area (TPSA) is 23.6 Å². The van der Waals surface area contributed by atoms with Gasteiger partial charge in [-0.15, -0.1) is 12.6 Å². The summed E-state index contributed by atoms with van der Waals surface area (Å²) in [4.78, 5) is 17.1. The number of likely N-dealkylation sites (tertiary alicyclic amines) is 2. The molecular weight excluding hydrogens is 287 g/mol. The van der Waals surface area contributed by atoms with Crippen molar-refractivity contribution in [3.63, 3.8) is 0 Å². The third-order valence-corrected chi connectivity index (χ3v) is 4.89. The molecular formula is C16H21FN2OS. The molecule has 114 valence electrons. The maximum Gasteiger partial charge on any atom is 0.253 e.